The zero-order chi connectivity index (χ0) is 13.7. The lowest BCUT2D eigenvalue weighted by molar-refractivity contribution is 0.514. The molecule has 1 fully saturated rings. The van der Waals surface area contributed by atoms with E-state index in [4.69, 9.17) is 5.73 Å². The SMILES string of the molecule is C=N/N=C(\C=C/C)N1CCC(Nc2nnc(N)s2)C1. The van der Waals surface area contributed by atoms with Gasteiger partial charge >= 0.3 is 0 Å². The molecule has 1 aliphatic rings. The van der Waals surface area contributed by atoms with Crippen molar-refractivity contribution in [2.75, 3.05) is 24.1 Å². The van der Waals surface area contributed by atoms with Crippen LogP contribution in [0.25, 0.3) is 0 Å². The number of hydrogen-bond acceptors (Lipinski definition) is 7. The zero-order valence-electron chi connectivity index (χ0n) is 10.8. The molecule has 7 nitrogen and oxygen atoms in total. The molecule has 1 aromatic heterocycles. The first-order chi connectivity index (χ1) is 9.22. The van der Waals surface area contributed by atoms with Crippen LogP contribution in [0.1, 0.15) is 13.3 Å². The van der Waals surface area contributed by atoms with Gasteiger partial charge in [-0.1, -0.05) is 17.4 Å². The first-order valence-corrected chi connectivity index (χ1v) is 6.81. The molecule has 8 heteroatoms. The topological polar surface area (TPSA) is 91.8 Å². The average molecular weight is 279 g/mol. The van der Waals surface area contributed by atoms with Gasteiger partial charge in [-0.15, -0.1) is 15.3 Å². The molecular weight excluding hydrogens is 262 g/mol. The molecular formula is C11H17N7S. The molecule has 1 aliphatic heterocycles. The number of nitrogens with zero attached hydrogens (tertiary/aromatic N) is 5. The number of rotatable bonds is 4. The minimum atomic E-state index is 0.313. The lowest BCUT2D eigenvalue weighted by atomic mass is 10.3. The van der Waals surface area contributed by atoms with Crippen LogP contribution in [0, 0.1) is 0 Å². The highest BCUT2D eigenvalue weighted by Gasteiger charge is 2.24. The second-order valence-corrected chi connectivity index (χ2v) is 5.13. The van der Waals surface area contributed by atoms with Gasteiger partial charge in [0.05, 0.1) is 0 Å². The Kier molecular flexibility index (Phi) is 4.45. The van der Waals surface area contributed by atoms with Gasteiger partial charge in [-0.3, -0.25) is 0 Å². The Morgan fingerprint density at radius 3 is 3.11 bits per heavy atom. The van der Waals surface area contributed by atoms with Crippen LogP contribution in [0.2, 0.25) is 0 Å². The molecule has 1 unspecified atom stereocenters. The summed E-state index contributed by atoms with van der Waals surface area (Å²) in [6, 6.07) is 0.313. The second-order valence-electron chi connectivity index (χ2n) is 4.12. The lowest BCUT2D eigenvalue weighted by Gasteiger charge is -2.17. The first-order valence-electron chi connectivity index (χ1n) is 5.99. The van der Waals surface area contributed by atoms with Crippen molar-refractivity contribution < 1.29 is 0 Å². The van der Waals surface area contributed by atoms with Gasteiger partial charge in [-0.25, -0.2) is 0 Å². The van der Waals surface area contributed by atoms with E-state index in [1.165, 1.54) is 11.3 Å². The summed E-state index contributed by atoms with van der Waals surface area (Å²) >= 11 is 1.36. The Morgan fingerprint density at radius 2 is 2.47 bits per heavy atom. The van der Waals surface area contributed by atoms with Gasteiger partial charge in [0.15, 0.2) is 5.84 Å². The molecule has 0 saturated carbocycles. The number of allylic oxidation sites excluding steroid dienone is 1. The van der Waals surface area contributed by atoms with E-state index in [-0.39, 0.29) is 0 Å². The predicted octanol–water partition coefficient (Wildman–Crippen LogP) is 1.20. The van der Waals surface area contributed by atoms with Crippen LogP contribution < -0.4 is 11.1 Å². The van der Waals surface area contributed by atoms with Gasteiger partial charge in [-0.05, 0) is 19.4 Å². The molecule has 0 bridgehead atoms. The molecule has 2 rings (SSSR count). The Hall–Kier alpha value is -1.96. The maximum atomic E-state index is 5.55. The summed E-state index contributed by atoms with van der Waals surface area (Å²) in [5.74, 6) is 0.832. The third kappa shape index (κ3) is 3.50. The highest BCUT2D eigenvalue weighted by molar-refractivity contribution is 7.18. The van der Waals surface area contributed by atoms with E-state index in [0.29, 0.717) is 11.2 Å². The largest absolute Gasteiger partial charge is 0.374 e. The fourth-order valence-corrected chi connectivity index (χ4v) is 2.56. The molecule has 102 valence electrons. The Labute approximate surface area is 115 Å². The lowest BCUT2D eigenvalue weighted by Crippen LogP contribution is -2.30. The van der Waals surface area contributed by atoms with Gasteiger partial charge < -0.3 is 16.0 Å². The molecule has 1 aromatic rings. The van der Waals surface area contributed by atoms with Gasteiger partial charge in [0.2, 0.25) is 10.3 Å². The maximum absolute atomic E-state index is 5.55. The van der Waals surface area contributed by atoms with E-state index >= 15 is 0 Å². The highest BCUT2D eigenvalue weighted by Crippen LogP contribution is 2.21. The highest BCUT2D eigenvalue weighted by atomic mass is 32.1. The van der Waals surface area contributed by atoms with Crippen LogP contribution in [-0.2, 0) is 0 Å². The van der Waals surface area contributed by atoms with E-state index < -0.39 is 0 Å². The predicted molar refractivity (Wildman–Crippen MR) is 79.7 cm³/mol. The molecule has 0 aromatic carbocycles. The Morgan fingerprint density at radius 1 is 1.63 bits per heavy atom. The van der Waals surface area contributed by atoms with Crippen LogP contribution in [0.15, 0.2) is 22.4 Å². The van der Waals surface area contributed by atoms with Crippen LogP contribution in [0.5, 0.6) is 0 Å². The van der Waals surface area contributed by atoms with Crippen LogP contribution in [0.3, 0.4) is 0 Å². The quantitative estimate of drug-likeness (QED) is 0.491. The first kappa shape index (κ1) is 13.5. The number of nitrogens with one attached hydrogen (secondary N) is 1. The molecule has 2 heterocycles. The van der Waals surface area contributed by atoms with Crippen LogP contribution in [-0.4, -0.2) is 46.8 Å². The number of amidine groups is 1. The summed E-state index contributed by atoms with van der Waals surface area (Å²) in [4.78, 5) is 2.16. The molecule has 0 radical (unpaired) electrons. The number of anilines is 2. The number of nitrogens with two attached hydrogens (primary N) is 1. The molecule has 0 amide bonds. The molecule has 1 saturated heterocycles. The molecule has 1 atom stereocenters. The van der Waals surface area contributed by atoms with E-state index in [1.54, 1.807) is 0 Å². The number of nitrogen functional groups attached to an aromatic ring is 1. The van der Waals surface area contributed by atoms with Gasteiger partial charge in [-0.2, -0.15) is 5.10 Å². The Bertz CT molecular complexity index is 493. The van der Waals surface area contributed by atoms with E-state index in [2.05, 4.69) is 37.3 Å². The summed E-state index contributed by atoms with van der Waals surface area (Å²) in [6.45, 7) is 7.12. The Balaban J connectivity index is 1.95. The molecule has 19 heavy (non-hydrogen) atoms. The summed E-state index contributed by atoms with van der Waals surface area (Å²) in [6.07, 6.45) is 4.88. The van der Waals surface area contributed by atoms with Crippen molar-refractivity contribution in [3.8, 4) is 0 Å². The monoisotopic (exact) mass is 279 g/mol. The molecule has 0 spiro atoms. The minimum Gasteiger partial charge on any atom is -0.374 e. The van der Waals surface area contributed by atoms with E-state index in [9.17, 15) is 0 Å². The zero-order valence-corrected chi connectivity index (χ0v) is 11.6. The van der Waals surface area contributed by atoms with Crippen LogP contribution >= 0.6 is 11.3 Å². The van der Waals surface area contributed by atoms with Crippen molar-refractivity contribution in [2.45, 2.75) is 19.4 Å². The van der Waals surface area contributed by atoms with Crippen molar-refractivity contribution in [3.05, 3.63) is 12.2 Å². The summed E-state index contributed by atoms with van der Waals surface area (Å²) < 4.78 is 0. The van der Waals surface area contributed by atoms with Crippen molar-refractivity contribution >= 4 is 34.2 Å². The standard InChI is InChI=1S/C11H17N7S/c1-3-4-9(15-13-2)18-6-5-8(7-18)14-11-17-16-10(12)19-11/h3-4,8H,2,5-7H2,1H3,(H2,12,16)(H,14,17)/b4-3-,15-9+. The molecule has 0 aliphatic carbocycles. The normalized spacial score (nSPS) is 20.2. The smallest absolute Gasteiger partial charge is 0.207 e. The third-order valence-electron chi connectivity index (χ3n) is 2.77. The van der Waals surface area contributed by atoms with Crippen molar-refractivity contribution in [1.29, 1.82) is 0 Å². The average Bonchev–Trinajstić information content (AvgIpc) is 2.99. The summed E-state index contributed by atoms with van der Waals surface area (Å²) in [7, 11) is 0. The minimum absolute atomic E-state index is 0.313. The number of hydrogen-bond donors (Lipinski definition) is 2. The second kappa shape index (κ2) is 6.28. The van der Waals surface area contributed by atoms with Gasteiger partial charge in [0.25, 0.3) is 0 Å². The summed E-state index contributed by atoms with van der Waals surface area (Å²) in [5.41, 5.74) is 5.55. The van der Waals surface area contributed by atoms with Crippen molar-refractivity contribution in [1.82, 2.24) is 15.1 Å². The fraction of sp³-hybridized carbons (Fsp3) is 0.455. The van der Waals surface area contributed by atoms with Crippen LogP contribution in [0.4, 0.5) is 10.3 Å². The van der Waals surface area contributed by atoms with Gasteiger partial charge in [0.1, 0.15) is 0 Å². The fourth-order valence-electron chi connectivity index (χ4n) is 1.98. The number of likely N-dealkylation sites (tertiary alicyclic amines) is 1. The van der Waals surface area contributed by atoms with Crippen molar-refractivity contribution in [2.24, 2.45) is 10.2 Å². The van der Waals surface area contributed by atoms with Gasteiger partial charge in [0, 0.05) is 25.8 Å². The molecule has 3 N–H and O–H groups in total. The van der Waals surface area contributed by atoms with Crippen molar-refractivity contribution in [3.63, 3.8) is 0 Å². The van der Waals surface area contributed by atoms with E-state index in [0.717, 1.165) is 30.5 Å². The van der Waals surface area contributed by atoms with E-state index in [1.807, 2.05) is 19.1 Å². The third-order valence-corrected chi connectivity index (χ3v) is 3.45. The maximum Gasteiger partial charge on any atom is 0.207 e. The number of aromatic nitrogens is 2. The summed E-state index contributed by atoms with van der Waals surface area (Å²) in [5, 5.41) is 19.9.